The van der Waals surface area contributed by atoms with Crippen LogP contribution in [-0.4, -0.2) is 21.4 Å². The number of nitrogens with one attached hydrogen (secondary N) is 1. The van der Waals surface area contributed by atoms with Gasteiger partial charge in [0.05, 0.1) is 5.69 Å². The van der Waals surface area contributed by atoms with Crippen molar-refractivity contribution in [3.63, 3.8) is 0 Å². The highest BCUT2D eigenvalue weighted by atomic mass is 32.2. The van der Waals surface area contributed by atoms with Gasteiger partial charge in [0, 0.05) is 24.5 Å². The summed E-state index contributed by atoms with van der Waals surface area (Å²) in [6.07, 6.45) is 0. The lowest BCUT2D eigenvalue weighted by Gasteiger charge is -2.21. The molecule has 0 saturated heterocycles. The maximum Gasteiger partial charge on any atom is 0.266 e. The zero-order valence-electron chi connectivity index (χ0n) is 18.7. The second-order valence-corrected chi connectivity index (χ2v) is 10.6. The van der Waals surface area contributed by atoms with Gasteiger partial charge < -0.3 is 5.32 Å². The lowest BCUT2D eigenvalue weighted by Crippen LogP contribution is -2.30. The van der Waals surface area contributed by atoms with Gasteiger partial charge in [-0.15, -0.1) is 11.3 Å². The molecule has 0 fully saturated rings. The number of halogens is 1. The Balaban J connectivity index is 1.78. The molecule has 0 aliphatic heterocycles. The molecule has 0 spiro atoms. The number of carbonyl (C=O) groups excluding carboxylic acids is 1. The van der Waals surface area contributed by atoms with Crippen molar-refractivity contribution in [3.05, 3.63) is 106 Å². The van der Waals surface area contributed by atoms with E-state index in [1.54, 1.807) is 23.6 Å². The van der Waals surface area contributed by atoms with E-state index in [0.717, 1.165) is 26.8 Å². The van der Waals surface area contributed by atoms with Crippen LogP contribution in [0.4, 0.5) is 10.1 Å². The summed E-state index contributed by atoms with van der Waals surface area (Å²) in [5.74, 6) is -0.999. The largest absolute Gasteiger partial charge is 0.347 e. The second-order valence-electron chi connectivity index (χ2n) is 7.79. The molecule has 0 aliphatic carbocycles. The number of hydrogen-bond acceptors (Lipinski definition) is 4. The smallest absolute Gasteiger partial charge is 0.266 e. The first-order valence-corrected chi connectivity index (χ1v) is 12.8. The Morgan fingerprint density at radius 2 is 1.71 bits per heavy atom. The van der Waals surface area contributed by atoms with Crippen molar-refractivity contribution < 1.29 is 17.6 Å². The fraction of sp³-hybridized carbons (Fsp3) is 0.115. The highest BCUT2D eigenvalue weighted by Gasteiger charge is 2.32. The van der Waals surface area contributed by atoms with E-state index in [9.17, 15) is 17.6 Å². The zero-order chi connectivity index (χ0) is 24.3. The minimum absolute atomic E-state index is 0.0501. The molecule has 4 rings (SSSR count). The predicted molar refractivity (Wildman–Crippen MR) is 134 cm³/mol. The fourth-order valence-corrected chi connectivity index (χ4v) is 6.38. The fourth-order valence-electron chi connectivity index (χ4n) is 3.50. The van der Waals surface area contributed by atoms with Crippen molar-refractivity contribution in [2.24, 2.45) is 0 Å². The number of nitrogens with zero attached hydrogens (tertiary/aromatic N) is 1. The summed E-state index contributed by atoms with van der Waals surface area (Å²) in [5, 5.41) is 4.39. The average molecular weight is 495 g/mol. The molecule has 34 heavy (non-hydrogen) atoms. The molecule has 0 atom stereocenters. The Labute approximate surface area is 202 Å². The molecule has 0 radical (unpaired) electrons. The summed E-state index contributed by atoms with van der Waals surface area (Å²) >= 11 is 1.02. The molecule has 1 N–H and O–H groups in total. The number of benzene rings is 3. The van der Waals surface area contributed by atoms with Crippen LogP contribution in [0.5, 0.6) is 0 Å². The quantitative estimate of drug-likeness (QED) is 0.363. The second kappa shape index (κ2) is 9.79. The van der Waals surface area contributed by atoms with Gasteiger partial charge in [-0.1, -0.05) is 60.2 Å². The van der Waals surface area contributed by atoms with Crippen molar-refractivity contribution in [3.8, 4) is 11.1 Å². The lowest BCUT2D eigenvalue weighted by molar-refractivity contribution is 0.0952. The average Bonchev–Trinajstić information content (AvgIpc) is 3.30. The van der Waals surface area contributed by atoms with E-state index in [1.165, 1.54) is 25.2 Å². The molecule has 1 amide bonds. The van der Waals surface area contributed by atoms with Crippen molar-refractivity contribution in [1.29, 1.82) is 0 Å². The summed E-state index contributed by atoms with van der Waals surface area (Å²) in [6.45, 7) is 2.16. The van der Waals surface area contributed by atoms with Crippen molar-refractivity contribution in [2.75, 3.05) is 11.4 Å². The summed E-state index contributed by atoms with van der Waals surface area (Å²) in [7, 11) is -2.71. The Morgan fingerprint density at radius 1 is 1.00 bits per heavy atom. The Hall–Kier alpha value is -3.49. The van der Waals surface area contributed by atoms with Crippen molar-refractivity contribution >= 4 is 33.0 Å². The minimum Gasteiger partial charge on any atom is -0.347 e. The third kappa shape index (κ3) is 4.88. The van der Waals surface area contributed by atoms with Gasteiger partial charge in [-0.2, -0.15) is 0 Å². The third-order valence-corrected chi connectivity index (χ3v) is 8.38. The number of thiophene rings is 1. The SMILES string of the molecule is Cc1ccc(N(C)S(=O)(=O)c2c(-c3cccc(F)c3)csc2C(=O)NCc2ccccc2)cc1. The number of carbonyl (C=O) groups is 1. The standard InChI is InChI=1S/C26H23FN2O3S2/c1-18-11-13-22(14-12-18)29(2)34(31,32)25-23(20-9-6-10-21(27)15-20)17-33-24(25)26(30)28-16-19-7-4-3-5-8-19/h3-15,17H,16H2,1-2H3,(H,28,30). The number of sulfonamides is 1. The lowest BCUT2D eigenvalue weighted by atomic mass is 10.1. The van der Waals surface area contributed by atoms with Crippen LogP contribution >= 0.6 is 11.3 Å². The normalized spacial score (nSPS) is 11.3. The molecule has 1 heterocycles. The van der Waals surface area contributed by atoms with Crippen LogP contribution in [0.25, 0.3) is 11.1 Å². The molecule has 0 aliphatic rings. The van der Waals surface area contributed by atoms with E-state index in [2.05, 4.69) is 5.32 Å². The molecule has 4 aromatic rings. The molecule has 3 aromatic carbocycles. The van der Waals surface area contributed by atoms with Crippen molar-refractivity contribution in [1.82, 2.24) is 5.32 Å². The van der Waals surface area contributed by atoms with E-state index in [1.807, 2.05) is 49.4 Å². The van der Waals surface area contributed by atoms with Crippen LogP contribution in [0.1, 0.15) is 20.8 Å². The molecule has 0 bridgehead atoms. The van der Waals surface area contributed by atoms with Gasteiger partial charge in [0.15, 0.2) is 0 Å². The number of anilines is 1. The van der Waals surface area contributed by atoms with E-state index in [4.69, 9.17) is 0 Å². The first kappa shape index (κ1) is 23.7. The van der Waals surface area contributed by atoms with E-state index in [0.29, 0.717) is 11.3 Å². The molecule has 0 unspecified atom stereocenters. The van der Waals surface area contributed by atoms with Crippen LogP contribution in [-0.2, 0) is 16.6 Å². The molecule has 5 nitrogen and oxygen atoms in total. The number of rotatable bonds is 7. The predicted octanol–water partition coefficient (Wildman–Crippen LogP) is 5.62. The molecule has 174 valence electrons. The summed E-state index contributed by atoms with van der Waals surface area (Å²) in [6, 6.07) is 22.1. The highest BCUT2D eigenvalue weighted by molar-refractivity contribution is 7.93. The Kier molecular flexibility index (Phi) is 6.81. The summed E-state index contributed by atoms with van der Waals surface area (Å²) in [4.78, 5) is 13.1. The van der Waals surface area contributed by atoms with Crippen LogP contribution in [0.3, 0.4) is 0 Å². The van der Waals surface area contributed by atoms with Crippen LogP contribution < -0.4 is 9.62 Å². The van der Waals surface area contributed by atoms with Gasteiger partial charge in [0.1, 0.15) is 15.6 Å². The van der Waals surface area contributed by atoms with Crippen LogP contribution in [0.2, 0.25) is 0 Å². The minimum atomic E-state index is -4.15. The molecule has 0 saturated carbocycles. The molecule has 1 aromatic heterocycles. The Bertz CT molecular complexity index is 1420. The monoisotopic (exact) mass is 494 g/mol. The van der Waals surface area contributed by atoms with Gasteiger partial charge in [-0.25, -0.2) is 12.8 Å². The van der Waals surface area contributed by atoms with Gasteiger partial charge >= 0.3 is 0 Å². The van der Waals surface area contributed by atoms with E-state index < -0.39 is 21.7 Å². The highest BCUT2D eigenvalue weighted by Crippen LogP contribution is 2.38. The topological polar surface area (TPSA) is 66.5 Å². The number of aryl methyl sites for hydroxylation is 1. The van der Waals surface area contributed by atoms with Crippen LogP contribution in [0, 0.1) is 12.7 Å². The molecule has 8 heteroatoms. The van der Waals surface area contributed by atoms with Gasteiger partial charge in [-0.3, -0.25) is 9.10 Å². The molecular weight excluding hydrogens is 471 g/mol. The summed E-state index contributed by atoms with van der Waals surface area (Å²) < 4.78 is 42.8. The zero-order valence-corrected chi connectivity index (χ0v) is 20.3. The van der Waals surface area contributed by atoms with Crippen LogP contribution in [0.15, 0.2) is 89.1 Å². The number of amides is 1. The van der Waals surface area contributed by atoms with Gasteiger partial charge in [0.2, 0.25) is 0 Å². The maximum atomic E-state index is 14.0. The third-order valence-electron chi connectivity index (χ3n) is 5.40. The first-order valence-electron chi connectivity index (χ1n) is 10.5. The van der Waals surface area contributed by atoms with Gasteiger partial charge in [-0.05, 0) is 42.3 Å². The summed E-state index contributed by atoms with van der Waals surface area (Å²) in [5.41, 5.74) is 3.01. The van der Waals surface area contributed by atoms with Gasteiger partial charge in [0.25, 0.3) is 15.9 Å². The number of hydrogen-bond donors (Lipinski definition) is 1. The van der Waals surface area contributed by atoms with E-state index >= 15 is 0 Å². The maximum absolute atomic E-state index is 14.0. The molecular formula is C26H23FN2O3S2. The van der Waals surface area contributed by atoms with E-state index in [-0.39, 0.29) is 21.9 Å². The first-order chi connectivity index (χ1) is 16.3. The Morgan fingerprint density at radius 3 is 2.38 bits per heavy atom. The van der Waals surface area contributed by atoms with Crippen molar-refractivity contribution in [2.45, 2.75) is 18.4 Å².